The maximum absolute atomic E-state index is 12.1. The van der Waals surface area contributed by atoms with Crippen LogP contribution in [-0.4, -0.2) is 46.6 Å². The lowest BCUT2D eigenvalue weighted by Crippen LogP contribution is -2.47. The Hall–Kier alpha value is -2.15. The Morgan fingerprint density at radius 2 is 2.24 bits per heavy atom. The van der Waals surface area contributed by atoms with E-state index in [-0.39, 0.29) is 36.6 Å². The molecule has 7 heteroatoms. The standard InChI is InChI=1S/C14H18N2O5/c17-8-7-15(11-3-1-4-11)14(18)10-21-13-6-2-5-12(9-13)16(19)20/h2,5-6,9,11,17H,1,3-4,7-8,10H2. The lowest BCUT2D eigenvalue weighted by atomic mass is 9.91. The molecule has 0 atom stereocenters. The minimum Gasteiger partial charge on any atom is -0.484 e. The van der Waals surface area contributed by atoms with Gasteiger partial charge in [0.15, 0.2) is 6.61 Å². The third-order valence-electron chi connectivity index (χ3n) is 3.57. The fourth-order valence-electron chi connectivity index (χ4n) is 2.23. The number of aliphatic hydroxyl groups excluding tert-OH is 1. The number of amides is 1. The van der Waals surface area contributed by atoms with Crippen LogP contribution >= 0.6 is 0 Å². The van der Waals surface area contributed by atoms with Crippen molar-refractivity contribution in [3.8, 4) is 5.75 Å². The Bertz CT molecular complexity index is 516. The maximum atomic E-state index is 12.1. The summed E-state index contributed by atoms with van der Waals surface area (Å²) in [4.78, 5) is 23.9. The van der Waals surface area contributed by atoms with Crippen LogP contribution in [0.5, 0.6) is 5.75 Å². The first-order valence-corrected chi connectivity index (χ1v) is 6.89. The van der Waals surface area contributed by atoms with Crippen LogP contribution in [0.4, 0.5) is 5.69 Å². The second kappa shape index (κ2) is 7.03. The molecule has 1 N–H and O–H groups in total. The molecule has 0 aromatic heterocycles. The highest BCUT2D eigenvalue weighted by molar-refractivity contribution is 5.78. The van der Waals surface area contributed by atoms with E-state index in [0.717, 1.165) is 19.3 Å². The molecule has 0 spiro atoms. The molecule has 0 bridgehead atoms. The summed E-state index contributed by atoms with van der Waals surface area (Å²) >= 11 is 0. The topological polar surface area (TPSA) is 92.9 Å². The summed E-state index contributed by atoms with van der Waals surface area (Å²) in [5.41, 5.74) is -0.0776. The van der Waals surface area contributed by atoms with Crippen LogP contribution in [0.1, 0.15) is 19.3 Å². The number of non-ortho nitro benzene ring substituents is 1. The molecule has 0 heterocycles. The predicted molar refractivity (Wildman–Crippen MR) is 75.0 cm³/mol. The average Bonchev–Trinajstić information content (AvgIpc) is 2.42. The summed E-state index contributed by atoms with van der Waals surface area (Å²) in [5.74, 6) is 0.0790. The van der Waals surface area contributed by atoms with Crippen LogP contribution in [0.15, 0.2) is 24.3 Å². The molecule has 1 aliphatic rings. The molecule has 0 unspecified atom stereocenters. The molecule has 0 saturated heterocycles. The normalized spacial score (nSPS) is 14.3. The van der Waals surface area contributed by atoms with Crippen LogP contribution in [0.2, 0.25) is 0 Å². The van der Waals surface area contributed by atoms with Crippen molar-refractivity contribution < 1.29 is 19.6 Å². The Morgan fingerprint density at radius 3 is 2.81 bits per heavy atom. The quantitative estimate of drug-likeness (QED) is 0.605. The summed E-state index contributed by atoms with van der Waals surface area (Å²) in [7, 11) is 0. The molecule has 0 aliphatic heterocycles. The summed E-state index contributed by atoms with van der Waals surface area (Å²) in [6, 6.07) is 5.90. The van der Waals surface area contributed by atoms with Gasteiger partial charge in [0, 0.05) is 18.7 Å². The van der Waals surface area contributed by atoms with Gasteiger partial charge in [-0.15, -0.1) is 0 Å². The van der Waals surface area contributed by atoms with Gasteiger partial charge < -0.3 is 14.7 Å². The molecular formula is C14H18N2O5. The molecule has 2 rings (SSSR count). The van der Waals surface area contributed by atoms with Gasteiger partial charge in [-0.2, -0.15) is 0 Å². The molecule has 1 fully saturated rings. The summed E-state index contributed by atoms with van der Waals surface area (Å²) < 4.78 is 5.33. The number of benzene rings is 1. The van der Waals surface area contributed by atoms with E-state index in [0.29, 0.717) is 6.54 Å². The Labute approximate surface area is 122 Å². The van der Waals surface area contributed by atoms with Crippen LogP contribution in [-0.2, 0) is 4.79 Å². The van der Waals surface area contributed by atoms with Crippen molar-refractivity contribution in [2.75, 3.05) is 19.8 Å². The fraction of sp³-hybridized carbons (Fsp3) is 0.500. The number of ether oxygens (including phenoxy) is 1. The van der Waals surface area contributed by atoms with Crippen molar-refractivity contribution >= 4 is 11.6 Å². The smallest absolute Gasteiger partial charge is 0.273 e. The molecule has 1 amide bonds. The highest BCUT2D eigenvalue weighted by atomic mass is 16.6. The maximum Gasteiger partial charge on any atom is 0.273 e. The van der Waals surface area contributed by atoms with E-state index in [1.807, 2.05) is 0 Å². The number of nitro groups is 1. The fourth-order valence-corrected chi connectivity index (χ4v) is 2.23. The zero-order valence-corrected chi connectivity index (χ0v) is 11.6. The highest BCUT2D eigenvalue weighted by Gasteiger charge is 2.28. The van der Waals surface area contributed by atoms with Crippen LogP contribution in [0.3, 0.4) is 0 Å². The van der Waals surface area contributed by atoms with Gasteiger partial charge in [-0.3, -0.25) is 14.9 Å². The van der Waals surface area contributed by atoms with E-state index in [1.165, 1.54) is 18.2 Å². The van der Waals surface area contributed by atoms with E-state index >= 15 is 0 Å². The van der Waals surface area contributed by atoms with Gasteiger partial charge in [0.2, 0.25) is 0 Å². The van der Waals surface area contributed by atoms with Gasteiger partial charge in [0.1, 0.15) is 5.75 Å². The Balaban J connectivity index is 1.92. The van der Waals surface area contributed by atoms with Crippen LogP contribution in [0.25, 0.3) is 0 Å². The van der Waals surface area contributed by atoms with Crippen molar-refractivity contribution in [2.45, 2.75) is 25.3 Å². The van der Waals surface area contributed by atoms with Crippen molar-refractivity contribution in [1.82, 2.24) is 4.90 Å². The minimum atomic E-state index is -0.513. The predicted octanol–water partition coefficient (Wildman–Crippen LogP) is 1.35. The number of nitrogens with zero attached hydrogens (tertiary/aromatic N) is 2. The number of rotatable bonds is 7. The summed E-state index contributed by atoms with van der Waals surface area (Å²) in [6.07, 6.45) is 2.98. The second-order valence-electron chi connectivity index (χ2n) is 4.94. The van der Waals surface area contributed by atoms with Crippen LogP contribution < -0.4 is 4.74 Å². The van der Waals surface area contributed by atoms with Crippen molar-refractivity contribution in [1.29, 1.82) is 0 Å². The zero-order chi connectivity index (χ0) is 15.2. The molecule has 1 aliphatic carbocycles. The lowest BCUT2D eigenvalue weighted by Gasteiger charge is -2.37. The second-order valence-corrected chi connectivity index (χ2v) is 4.94. The molecule has 1 aromatic carbocycles. The number of carbonyl (C=O) groups excluding carboxylic acids is 1. The van der Waals surface area contributed by atoms with Crippen LogP contribution in [0, 0.1) is 10.1 Å². The number of aliphatic hydroxyl groups is 1. The number of nitro benzene ring substituents is 1. The SMILES string of the molecule is O=C(COc1cccc([N+](=O)[O-])c1)N(CCO)C1CCC1. The van der Waals surface area contributed by atoms with Gasteiger partial charge in [0.25, 0.3) is 11.6 Å². The Kier molecular flexibility index (Phi) is 5.10. The largest absolute Gasteiger partial charge is 0.484 e. The van der Waals surface area contributed by atoms with Crippen molar-refractivity contribution in [3.63, 3.8) is 0 Å². The molecule has 1 saturated carbocycles. The molecular weight excluding hydrogens is 276 g/mol. The molecule has 0 radical (unpaired) electrons. The Morgan fingerprint density at radius 1 is 1.48 bits per heavy atom. The van der Waals surface area contributed by atoms with E-state index in [2.05, 4.69) is 0 Å². The first-order chi connectivity index (χ1) is 10.1. The van der Waals surface area contributed by atoms with Gasteiger partial charge in [-0.05, 0) is 25.3 Å². The monoisotopic (exact) mass is 294 g/mol. The van der Waals surface area contributed by atoms with E-state index < -0.39 is 4.92 Å². The summed E-state index contributed by atoms with van der Waals surface area (Å²) in [5, 5.41) is 19.7. The van der Waals surface area contributed by atoms with E-state index in [9.17, 15) is 14.9 Å². The average molecular weight is 294 g/mol. The van der Waals surface area contributed by atoms with Gasteiger partial charge in [-0.25, -0.2) is 0 Å². The zero-order valence-electron chi connectivity index (χ0n) is 11.6. The van der Waals surface area contributed by atoms with Gasteiger partial charge in [-0.1, -0.05) is 6.07 Å². The molecule has 7 nitrogen and oxygen atoms in total. The van der Waals surface area contributed by atoms with Gasteiger partial charge >= 0.3 is 0 Å². The third kappa shape index (κ3) is 3.91. The number of hydrogen-bond acceptors (Lipinski definition) is 5. The first-order valence-electron chi connectivity index (χ1n) is 6.89. The summed E-state index contributed by atoms with van der Waals surface area (Å²) in [6.45, 7) is 0.0263. The lowest BCUT2D eigenvalue weighted by molar-refractivity contribution is -0.384. The molecule has 114 valence electrons. The van der Waals surface area contributed by atoms with E-state index in [1.54, 1.807) is 11.0 Å². The first kappa shape index (κ1) is 15.2. The van der Waals surface area contributed by atoms with E-state index in [4.69, 9.17) is 9.84 Å². The highest BCUT2D eigenvalue weighted by Crippen LogP contribution is 2.25. The van der Waals surface area contributed by atoms with Crippen molar-refractivity contribution in [2.24, 2.45) is 0 Å². The molecule has 21 heavy (non-hydrogen) atoms. The van der Waals surface area contributed by atoms with Crippen molar-refractivity contribution in [3.05, 3.63) is 34.4 Å². The molecule has 1 aromatic rings. The third-order valence-corrected chi connectivity index (χ3v) is 3.57. The minimum absolute atomic E-state index is 0.0776. The van der Waals surface area contributed by atoms with Gasteiger partial charge in [0.05, 0.1) is 17.6 Å². The number of carbonyl (C=O) groups is 1. The number of hydrogen-bond donors (Lipinski definition) is 1.